The molecule has 2 unspecified atom stereocenters. The van der Waals surface area contributed by atoms with Gasteiger partial charge in [-0.25, -0.2) is 4.39 Å². The maximum absolute atomic E-state index is 13.9. The minimum Gasteiger partial charge on any atom is -0.389 e. The van der Waals surface area contributed by atoms with Crippen LogP contribution in [-0.4, -0.2) is 22.0 Å². The van der Waals surface area contributed by atoms with Crippen LogP contribution in [0.1, 0.15) is 31.7 Å². The van der Waals surface area contributed by atoms with Crippen LogP contribution in [0.4, 0.5) is 10.1 Å². The van der Waals surface area contributed by atoms with E-state index in [9.17, 15) is 4.39 Å². The molecule has 0 amide bonds. The second-order valence-electron chi connectivity index (χ2n) is 4.79. The number of benzene rings is 1. The molecule has 1 aliphatic carbocycles. The molecule has 1 aromatic rings. The summed E-state index contributed by atoms with van der Waals surface area (Å²) in [5.41, 5.74) is 6.61. The van der Waals surface area contributed by atoms with Gasteiger partial charge in [-0.05, 0) is 43.2 Å². The lowest BCUT2D eigenvalue weighted by molar-refractivity contribution is 0.624. The summed E-state index contributed by atoms with van der Waals surface area (Å²) in [7, 11) is 0. The van der Waals surface area contributed by atoms with Crippen molar-refractivity contribution in [2.45, 2.75) is 37.5 Å². The minimum absolute atomic E-state index is 0.228. The lowest BCUT2D eigenvalue weighted by Crippen LogP contribution is -2.17. The average molecular weight is 298 g/mol. The zero-order chi connectivity index (χ0) is 13.8. The summed E-state index contributed by atoms with van der Waals surface area (Å²) in [6.07, 6.45) is 3.42. The van der Waals surface area contributed by atoms with Crippen LogP contribution in [-0.2, 0) is 0 Å². The summed E-state index contributed by atoms with van der Waals surface area (Å²) >= 11 is 6.84. The van der Waals surface area contributed by atoms with Crippen LogP contribution in [0, 0.1) is 5.82 Å². The molecule has 0 bridgehead atoms. The Morgan fingerprint density at radius 3 is 2.95 bits per heavy atom. The van der Waals surface area contributed by atoms with Crippen molar-refractivity contribution in [2.24, 2.45) is 5.73 Å². The molecule has 1 aliphatic rings. The molecule has 1 saturated carbocycles. The molecule has 19 heavy (non-hydrogen) atoms. The molecule has 2 atom stereocenters. The summed E-state index contributed by atoms with van der Waals surface area (Å²) in [5.74, 6) is 0.867. The molecule has 1 fully saturated rings. The molecular formula is C14H19FN2S2. The first kappa shape index (κ1) is 14.6. The normalized spacial score (nSPS) is 22.4. The van der Waals surface area contributed by atoms with Gasteiger partial charge in [-0.15, -0.1) is 0 Å². The van der Waals surface area contributed by atoms with Crippen LogP contribution in [0.3, 0.4) is 0 Å². The Morgan fingerprint density at radius 1 is 1.53 bits per heavy atom. The van der Waals surface area contributed by atoms with Gasteiger partial charge in [0.1, 0.15) is 10.8 Å². The summed E-state index contributed by atoms with van der Waals surface area (Å²) < 4.78 is 13.9. The summed E-state index contributed by atoms with van der Waals surface area (Å²) in [6.45, 7) is 2.18. The zero-order valence-electron chi connectivity index (χ0n) is 11.0. The van der Waals surface area contributed by atoms with E-state index in [1.165, 1.54) is 12.5 Å². The van der Waals surface area contributed by atoms with Crippen LogP contribution >= 0.6 is 24.0 Å². The number of rotatable bonds is 5. The van der Waals surface area contributed by atoms with Crippen molar-refractivity contribution in [1.29, 1.82) is 0 Å². The van der Waals surface area contributed by atoms with E-state index in [0.29, 0.717) is 22.5 Å². The van der Waals surface area contributed by atoms with Crippen molar-refractivity contribution in [3.8, 4) is 0 Å². The van der Waals surface area contributed by atoms with Crippen LogP contribution in [0.25, 0.3) is 0 Å². The highest BCUT2D eigenvalue weighted by atomic mass is 32.2. The highest BCUT2D eigenvalue weighted by molar-refractivity contribution is 7.99. The topological polar surface area (TPSA) is 38.0 Å². The third-order valence-corrected chi connectivity index (χ3v) is 4.87. The highest BCUT2D eigenvalue weighted by Crippen LogP contribution is 2.32. The Balaban J connectivity index is 1.98. The molecule has 0 radical (unpaired) electrons. The molecule has 1 aromatic carbocycles. The molecule has 0 saturated heterocycles. The highest BCUT2D eigenvalue weighted by Gasteiger charge is 2.24. The van der Waals surface area contributed by atoms with Crippen LogP contribution in [0.5, 0.6) is 0 Å². The SMILES string of the molecule is CCSC1CCC(Nc2ccc(C(N)=S)cc2F)C1. The van der Waals surface area contributed by atoms with Gasteiger partial charge in [-0.2, -0.15) is 11.8 Å². The number of halogens is 1. The van der Waals surface area contributed by atoms with Crippen LogP contribution < -0.4 is 11.1 Å². The van der Waals surface area contributed by atoms with Crippen LogP contribution in [0.15, 0.2) is 18.2 Å². The quantitative estimate of drug-likeness (QED) is 0.815. The number of hydrogen-bond donors (Lipinski definition) is 2. The smallest absolute Gasteiger partial charge is 0.146 e. The molecule has 0 aromatic heterocycles. The molecule has 3 N–H and O–H groups in total. The second-order valence-corrected chi connectivity index (χ2v) is 6.81. The summed E-state index contributed by atoms with van der Waals surface area (Å²) in [4.78, 5) is 0.228. The van der Waals surface area contributed by atoms with E-state index >= 15 is 0 Å². The van der Waals surface area contributed by atoms with Crippen molar-refractivity contribution < 1.29 is 4.39 Å². The van der Waals surface area contributed by atoms with Gasteiger partial charge in [0.05, 0.1) is 5.69 Å². The lowest BCUT2D eigenvalue weighted by Gasteiger charge is -2.15. The van der Waals surface area contributed by atoms with Gasteiger partial charge < -0.3 is 11.1 Å². The fourth-order valence-corrected chi connectivity index (χ4v) is 3.73. The van der Waals surface area contributed by atoms with E-state index in [4.69, 9.17) is 18.0 Å². The molecule has 2 nitrogen and oxygen atoms in total. The Hall–Kier alpha value is -0.810. The van der Waals surface area contributed by atoms with Gasteiger partial charge in [0.2, 0.25) is 0 Å². The Morgan fingerprint density at radius 2 is 2.32 bits per heavy atom. The summed E-state index contributed by atoms with van der Waals surface area (Å²) in [5, 5.41) is 4.00. The van der Waals surface area contributed by atoms with Gasteiger partial charge in [-0.1, -0.05) is 19.1 Å². The third-order valence-electron chi connectivity index (χ3n) is 3.40. The van der Waals surface area contributed by atoms with Gasteiger partial charge >= 0.3 is 0 Å². The van der Waals surface area contributed by atoms with Crippen molar-refractivity contribution in [1.82, 2.24) is 0 Å². The number of hydrogen-bond acceptors (Lipinski definition) is 3. The molecule has 2 rings (SSSR count). The van der Waals surface area contributed by atoms with Crippen molar-refractivity contribution in [3.63, 3.8) is 0 Å². The Labute approximate surface area is 123 Å². The van der Waals surface area contributed by atoms with E-state index < -0.39 is 0 Å². The predicted octanol–water partition coefficient (Wildman–Crippen LogP) is 3.55. The third kappa shape index (κ3) is 3.83. The van der Waals surface area contributed by atoms with E-state index in [0.717, 1.165) is 18.6 Å². The molecule has 0 spiro atoms. The molecule has 0 heterocycles. The number of nitrogens with two attached hydrogens (primary N) is 1. The average Bonchev–Trinajstić information content (AvgIpc) is 2.79. The lowest BCUT2D eigenvalue weighted by atomic mass is 10.1. The van der Waals surface area contributed by atoms with E-state index in [1.807, 2.05) is 11.8 Å². The molecule has 104 valence electrons. The van der Waals surface area contributed by atoms with Crippen LogP contribution in [0.2, 0.25) is 0 Å². The molecule has 0 aliphatic heterocycles. The van der Waals surface area contributed by atoms with Crippen molar-refractivity contribution >= 4 is 34.7 Å². The number of nitrogens with one attached hydrogen (secondary N) is 1. The fourth-order valence-electron chi connectivity index (χ4n) is 2.46. The number of thioether (sulfide) groups is 1. The van der Waals surface area contributed by atoms with Gasteiger partial charge in [0, 0.05) is 16.9 Å². The van der Waals surface area contributed by atoms with Gasteiger partial charge in [0.25, 0.3) is 0 Å². The first-order valence-corrected chi connectivity index (χ1v) is 8.03. The largest absolute Gasteiger partial charge is 0.389 e. The van der Waals surface area contributed by atoms with Gasteiger partial charge in [-0.3, -0.25) is 0 Å². The number of anilines is 1. The van der Waals surface area contributed by atoms with E-state index in [-0.39, 0.29) is 10.8 Å². The first-order valence-electron chi connectivity index (χ1n) is 6.57. The van der Waals surface area contributed by atoms with E-state index in [1.54, 1.807) is 12.1 Å². The fraction of sp³-hybridized carbons (Fsp3) is 0.500. The second kappa shape index (κ2) is 6.57. The molecular weight excluding hydrogens is 279 g/mol. The van der Waals surface area contributed by atoms with E-state index in [2.05, 4.69) is 12.2 Å². The zero-order valence-corrected chi connectivity index (χ0v) is 12.6. The molecule has 5 heteroatoms. The minimum atomic E-state index is -0.281. The Bertz CT molecular complexity index is 465. The maximum atomic E-state index is 13.9. The Kier molecular flexibility index (Phi) is 5.05. The first-order chi connectivity index (χ1) is 9.10. The van der Waals surface area contributed by atoms with Crippen molar-refractivity contribution in [3.05, 3.63) is 29.6 Å². The maximum Gasteiger partial charge on any atom is 0.146 e. The summed E-state index contributed by atoms with van der Waals surface area (Å²) in [6, 6.07) is 5.26. The standard InChI is InChI=1S/C14H19FN2S2/c1-2-19-11-5-4-10(8-11)17-13-6-3-9(14(16)18)7-12(13)15/h3,6-7,10-11,17H,2,4-5,8H2,1H3,(H2,16,18). The van der Waals surface area contributed by atoms with Gasteiger partial charge in [0.15, 0.2) is 0 Å². The monoisotopic (exact) mass is 298 g/mol. The van der Waals surface area contributed by atoms with Crippen molar-refractivity contribution in [2.75, 3.05) is 11.1 Å². The predicted molar refractivity (Wildman–Crippen MR) is 85.5 cm³/mol. The number of thiocarbonyl (C=S) groups is 1.